The Labute approximate surface area is 183 Å². The summed E-state index contributed by atoms with van der Waals surface area (Å²) in [4.78, 5) is 16.6. The third-order valence-electron chi connectivity index (χ3n) is 5.53. The Bertz CT molecular complexity index is 974. The van der Waals surface area contributed by atoms with Crippen LogP contribution in [0.1, 0.15) is 22.5 Å². The molecule has 0 spiro atoms. The van der Waals surface area contributed by atoms with Gasteiger partial charge in [-0.3, -0.25) is 10.1 Å². The van der Waals surface area contributed by atoms with Gasteiger partial charge in [-0.05, 0) is 42.7 Å². The monoisotopic (exact) mass is 448 g/mol. The van der Waals surface area contributed by atoms with E-state index in [-0.39, 0.29) is 29.0 Å². The number of nitrogens with zero attached hydrogens (tertiary/aromatic N) is 1. The van der Waals surface area contributed by atoms with Crippen LogP contribution in [0, 0.1) is 11.7 Å². The number of hydrogen-bond donors (Lipinski definition) is 3. The zero-order valence-corrected chi connectivity index (χ0v) is 17.8. The van der Waals surface area contributed by atoms with Crippen molar-refractivity contribution in [1.82, 2.24) is 10.3 Å². The van der Waals surface area contributed by atoms with Gasteiger partial charge in [-0.2, -0.15) is 0 Å². The van der Waals surface area contributed by atoms with Gasteiger partial charge in [-0.25, -0.2) is 9.37 Å². The molecule has 4 N–H and O–H groups in total. The predicted molar refractivity (Wildman–Crippen MR) is 117 cm³/mol. The largest absolute Gasteiger partial charge is 0.377 e. The number of ether oxygens (including phenoxy) is 1. The number of nitrogens with one attached hydrogen (secondary N) is 2. The molecule has 2 aromatic rings. The maximum Gasteiger partial charge on any atom is 0.274 e. The van der Waals surface area contributed by atoms with Crippen molar-refractivity contribution >= 4 is 35.0 Å². The zero-order chi connectivity index (χ0) is 21.3. The van der Waals surface area contributed by atoms with E-state index in [1.807, 2.05) is 12.2 Å². The topological polar surface area (TPSA) is 89.3 Å². The summed E-state index contributed by atoms with van der Waals surface area (Å²) in [6, 6.07) is 7.67. The number of pyridine rings is 1. The van der Waals surface area contributed by atoms with Crippen molar-refractivity contribution in [2.24, 2.45) is 11.7 Å². The van der Waals surface area contributed by atoms with Crippen LogP contribution in [0.2, 0.25) is 5.02 Å². The molecule has 2 aliphatic rings. The molecule has 4 atom stereocenters. The summed E-state index contributed by atoms with van der Waals surface area (Å²) in [5.41, 5.74) is 6.19. The lowest BCUT2D eigenvalue weighted by molar-refractivity contribution is 0.0874. The second-order valence-electron chi connectivity index (χ2n) is 7.34. The first kappa shape index (κ1) is 21.3. The highest BCUT2D eigenvalue weighted by Gasteiger charge is 2.47. The summed E-state index contributed by atoms with van der Waals surface area (Å²) in [5.74, 6) is 0.0782. The number of rotatable bonds is 4. The van der Waals surface area contributed by atoms with Gasteiger partial charge in [-0.15, -0.1) is 11.8 Å². The maximum atomic E-state index is 15.0. The lowest BCUT2D eigenvalue weighted by Crippen LogP contribution is -2.60. The number of methoxy groups -OCH3 is 1. The molecule has 1 aliphatic carbocycles. The van der Waals surface area contributed by atoms with Crippen LogP contribution in [0.25, 0.3) is 0 Å². The van der Waals surface area contributed by atoms with Gasteiger partial charge in [0.2, 0.25) is 0 Å². The lowest BCUT2D eigenvalue weighted by Gasteiger charge is -2.48. The Morgan fingerprint density at radius 3 is 3.00 bits per heavy atom. The average molecular weight is 449 g/mol. The van der Waals surface area contributed by atoms with Gasteiger partial charge in [0.25, 0.3) is 5.91 Å². The fraction of sp³-hybridized carbons (Fsp3) is 0.333. The Kier molecular flexibility index (Phi) is 6.13. The Balaban J connectivity index is 1.68. The number of carbonyl (C=O) groups excluding carboxylic acids is 1. The third kappa shape index (κ3) is 4.10. The number of thioether (sulfide) groups is 1. The molecule has 2 unspecified atom stereocenters. The summed E-state index contributed by atoms with van der Waals surface area (Å²) in [6.45, 7) is 0. The number of benzene rings is 1. The SMILES string of the molecule is COC1C=C[C@]2(c3cc(NC(=O)c4ccc(Cl)cn4)ccc3F)NC(N)SC[C@@H]2C1. The number of fused-ring (bicyclic) bond motifs is 1. The smallest absolute Gasteiger partial charge is 0.274 e. The summed E-state index contributed by atoms with van der Waals surface area (Å²) >= 11 is 7.42. The van der Waals surface area contributed by atoms with Gasteiger partial charge in [0.05, 0.1) is 16.7 Å². The van der Waals surface area contributed by atoms with Gasteiger partial charge in [0.1, 0.15) is 17.0 Å². The minimum atomic E-state index is -0.775. The second-order valence-corrected chi connectivity index (χ2v) is 8.95. The number of nitrogens with two attached hydrogens (primary N) is 1. The highest BCUT2D eigenvalue weighted by Crippen LogP contribution is 2.45. The summed E-state index contributed by atoms with van der Waals surface area (Å²) < 4.78 is 20.5. The standard InChI is InChI=1S/C21H22ClFN4O2S/c1-29-15-6-7-21(12(8-15)11-30-20(24)27-21)16-9-14(3-4-17(16)23)26-19(28)18-5-2-13(22)10-25-18/h2-7,9-10,12,15,20,27H,8,11,24H2,1H3,(H,26,28)/t12-,15?,20?,21-/m0/s1. The first-order chi connectivity index (χ1) is 14.4. The number of carbonyl (C=O) groups is 1. The molecule has 158 valence electrons. The number of anilines is 1. The van der Waals surface area contributed by atoms with Gasteiger partial charge in [0, 0.05) is 30.3 Å². The third-order valence-corrected chi connectivity index (χ3v) is 6.82. The molecule has 1 aromatic carbocycles. The van der Waals surface area contributed by atoms with Gasteiger partial charge in [0.15, 0.2) is 0 Å². The van der Waals surface area contributed by atoms with Crippen molar-refractivity contribution in [3.63, 3.8) is 0 Å². The van der Waals surface area contributed by atoms with E-state index >= 15 is 4.39 Å². The number of halogens is 2. The highest BCUT2D eigenvalue weighted by atomic mass is 35.5. The summed E-state index contributed by atoms with van der Waals surface area (Å²) in [5, 5.41) is 6.60. The van der Waals surface area contributed by atoms with E-state index in [9.17, 15) is 4.79 Å². The molecule has 1 aromatic heterocycles. The van der Waals surface area contributed by atoms with Crippen molar-refractivity contribution in [1.29, 1.82) is 0 Å². The maximum absolute atomic E-state index is 15.0. The van der Waals surface area contributed by atoms with Crippen LogP contribution in [-0.2, 0) is 10.3 Å². The van der Waals surface area contributed by atoms with Crippen LogP contribution in [-0.4, -0.2) is 35.4 Å². The molecule has 1 aliphatic heterocycles. The fourth-order valence-corrected chi connectivity index (χ4v) is 5.22. The first-order valence-electron chi connectivity index (χ1n) is 9.51. The Morgan fingerprint density at radius 1 is 1.43 bits per heavy atom. The van der Waals surface area contributed by atoms with Crippen LogP contribution in [0.4, 0.5) is 10.1 Å². The van der Waals surface area contributed by atoms with Crippen molar-refractivity contribution in [3.8, 4) is 0 Å². The molecular formula is C21H22ClFN4O2S. The molecule has 1 amide bonds. The van der Waals surface area contributed by atoms with E-state index in [1.54, 1.807) is 31.0 Å². The Morgan fingerprint density at radius 2 is 2.27 bits per heavy atom. The number of amides is 1. The van der Waals surface area contributed by atoms with E-state index in [0.717, 1.165) is 12.2 Å². The summed E-state index contributed by atoms with van der Waals surface area (Å²) in [6.07, 6.45) is 6.00. The van der Waals surface area contributed by atoms with E-state index in [2.05, 4.69) is 15.6 Å². The molecule has 30 heavy (non-hydrogen) atoms. The van der Waals surface area contributed by atoms with E-state index in [1.165, 1.54) is 24.4 Å². The fourth-order valence-electron chi connectivity index (χ4n) is 3.99. The van der Waals surface area contributed by atoms with E-state index < -0.39 is 11.4 Å². The van der Waals surface area contributed by atoms with E-state index in [0.29, 0.717) is 16.3 Å². The first-order valence-corrected chi connectivity index (χ1v) is 10.9. The van der Waals surface area contributed by atoms with Crippen molar-refractivity contribution in [3.05, 3.63) is 70.8 Å². The van der Waals surface area contributed by atoms with Gasteiger partial charge >= 0.3 is 0 Å². The van der Waals surface area contributed by atoms with Gasteiger partial charge in [-0.1, -0.05) is 23.8 Å². The molecule has 4 rings (SSSR count). The van der Waals surface area contributed by atoms with Crippen LogP contribution >= 0.6 is 23.4 Å². The average Bonchev–Trinajstić information content (AvgIpc) is 2.75. The molecule has 1 fully saturated rings. The van der Waals surface area contributed by atoms with Crippen LogP contribution < -0.4 is 16.4 Å². The van der Waals surface area contributed by atoms with Crippen molar-refractivity contribution < 1.29 is 13.9 Å². The minimum absolute atomic E-state index is 0.0261. The Hall–Kier alpha value is -1.97. The normalized spacial score (nSPS) is 28.1. The van der Waals surface area contributed by atoms with Crippen molar-refractivity contribution in [2.45, 2.75) is 23.6 Å². The zero-order valence-electron chi connectivity index (χ0n) is 16.3. The molecular weight excluding hydrogens is 427 g/mol. The summed E-state index contributed by atoms with van der Waals surface area (Å²) in [7, 11) is 1.67. The molecule has 0 bridgehead atoms. The molecule has 2 heterocycles. The highest BCUT2D eigenvalue weighted by molar-refractivity contribution is 7.99. The molecule has 1 saturated heterocycles. The van der Waals surface area contributed by atoms with Crippen LogP contribution in [0.15, 0.2) is 48.7 Å². The number of hydrogen-bond acceptors (Lipinski definition) is 6. The van der Waals surface area contributed by atoms with Crippen LogP contribution in [0.3, 0.4) is 0 Å². The lowest BCUT2D eigenvalue weighted by atomic mass is 9.72. The number of aromatic nitrogens is 1. The van der Waals surface area contributed by atoms with E-state index in [4.69, 9.17) is 22.1 Å². The second kappa shape index (κ2) is 8.64. The quantitative estimate of drug-likeness (QED) is 0.620. The molecule has 0 saturated carbocycles. The molecule has 9 heteroatoms. The van der Waals surface area contributed by atoms with Crippen LogP contribution in [0.5, 0.6) is 0 Å². The molecule has 0 radical (unpaired) electrons. The van der Waals surface area contributed by atoms with Crippen molar-refractivity contribution in [2.75, 3.05) is 18.2 Å². The van der Waals surface area contributed by atoms with Gasteiger partial charge < -0.3 is 15.8 Å². The molecule has 6 nitrogen and oxygen atoms in total. The predicted octanol–water partition coefficient (Wildman–Crippen LogP) is 3.49. The minimum Gasteiger partial charge on any atom is -0.377 e.